The minimum absolute atomic E-state index is 0. The maximum atomic E-state index is 12.2. The van der Waals surface area contributed by atoms with Crippen LogP contribution >= 0.6 is 12.4 Å². The number of fused-ring (bicyclic) bond motifs is 1. The Labute approximate surface area is 158 Å². The predicted molar refractivity (Wildman–Crippen MR) is 102 cm³/mol. The Balaban J connectivity index is 0.00000243. The molecule has 0 spiro atoms. The molecule has 1 aromatic carbocycles. The van der Waals surface area contributed by atoms with Crippen LogP contribution < -0.4 is 16.4 Å². The summed E-state index contributed by atoms with van der Waals surface area (Å²) in [5.74, 6) is 0.0195. The Kier molecular flexibility index (Phi) is 6.76. The van der Waals surface area contributed by atoms with E-state index in [4.69, 9.17) is 5.73 Å². The number of nitrogens with one attached hydrogen (secondary N) is 2. The molecule has 1 unspecified atom stereocenters. The van der Waals surface area contributed by atoms with Crippen LogP contribution in [-0.2, 0) is 16.0 Å². The lowest BCUT2D eigenvalue weighted by Gasteiger charge is -2.27. The van der Waals surface area contributed by atoms with Gasteiger partial charge in [0, 0.05) is 5.56 Å². The van der Waals surface area contributed by atoms with E-state index in [-0.39, 0.29) is 43.4 Å². The number of anilines is 1. The Bertz CT molecular complexity index is 790. The minimum atomic E-state index is -0.360. The lowest BCUT2D eigenvalue weighted by atomic mass is 9.88. The molecule has 1 aliphatic rings. The first-order valence-electron chi connectivity index (χ1n) is 8.48. The summed E-state index contributed by atoms with van der Waals surface area (Å²) in [5, 5.41) is 9.84. The smallest absolute Gasteiger partial charge is 0.244 e. The Morgan fingerprint density at radius 2 is 2.08 bits per heavy atom. The monoisotopic (exact) mass is 377 g/mol. The zero-order valence-electron chi connectivity index (χ0n) is 14.7. The zero-order valence-corrected chi connectivity index (χ0v) is 15.5. The first-order valence-corrected chi connectivity index (χ1v) is 8.48. The van der Waals surface area contributed by atoms with Crippen molar-refractivity contribution < 1.29 is 9.59 Å². The van der Waals surface area contributed by atoms with Crippen LogP contribution in [-0.4, -0.2) is 34.7 Å². The van der Waals surface area contributed by atoms with Gasteiger partial charge >= 0.3 is 0 Å². The van der Waals surface area contributed by atoms with E-state index in [1.165, 1.54) is 11.1 Å². The number of benzene rings is 1. The summed E-state index contributed by atoms with van der Waals surface area (Å²) in [6.07, 6.45) is 4.89. The highest BCUT2D eigenvalue weighted by Gasteiger charge is 2.25. The second-order valence-electron chi connectivity index (χ2n) is 6.26. The molecular formula is C18H24ClN5O2. The highest BCUT2D eigenvalue weighted by molar-refractivity contribution is 5.94. The van der Waals surface area contributed by atoms with E-state index in [2.05, 4.69) is 33.9 Å². The van der Waals surface area contributed by atoms with E-state index in [1.807, 2.05) is 17.7 Å². The second kappa shape index (κ2) is 8.82. The second-order valence-corrected chi connectivity index (χ2v) is 6.26. The summed E-state index contributed by atoms with van der Waals surface area (Å²) in [6, 6.07) is 8.47. The highest BCUT2D eigenvalue weighted by Crippen LogP contribution is 2.34. The number of carbonyl (C=O) groups excluding carboxylic acids is 2. The van der Waals surface area contributed by atoms with Crippen molar-refractivity contribution in [3.05, 3.63) is 47.2 Å². The van der Waals surface area contributed by atoms with Crippen LogP contribution in [0.3, 0.4) is 0 Å². The number of carbonyl (C=O) groups is 2. The topological polar surface area (TPSA) is 102 Å². The largest absolute Gasteiger partial charge is 0.346 e. The molecule has 0 bridgehead atoms. The van der Waals surface area contributed by atoms with Crippen molar-refractivity contribution in [2.75, 3.05) is 18.4 Å². The molecule has 7 nitrogen and oxygen atoms in total. The SMILES string of the molecule is Cc1cnn(C2CCCc3ccccc32)c1NC(=O)CNC(=O)CN.Cl. The van der Waals surface area contributed by atoms with Crippen molar-refractivity contribution >= 4 is 30.0 Å². The molecule has 8 heteroatoms. The lowest BCUT2D eigenvalue weighted by Crippen LogP contribution is -2.37. The number of aromatic nitrogens is 2. The van der Waals surface area contributed by atoms with Gasteiger partial charge < -0.3 is 16.4 Å². The molecule has 2 amide bonds. The quantitative estimate of drug-likeness (QED) is 0.735. The van der Waals surface area contributed by atoms with Crippen molar-refractivity contribution in [1.82, 2.24) is 15.1 Å². The van der Waals surface area contributed by atoms with Crippen LogP contribution in [0.25, 0.3) is 0 Å². The third-order valence-corrected chi connectivity index (χ3v) is 4.50. The molecule has 1 heterocycles. The van der Waals surface area contributed by atoms with E-state index in [0.29, 0.717) is 5.82 Å². The minimum Gasteiger partial charge on any atom is -0.346 e. The molecule has 3 rings (SSSR count). The average molecular weight is 378 g/mol. The summed E-state index contributed by atoms with van der Waals surface area (Å²) < 4.78 is 1.88. The summed E-state index contributed by atoms with van der Waals surface area (Å²) in [7, 11) is 0. The van der Waals surface area contributed by atoms with Gasteiger partial charge in [0.15, 0.2) is 0 Å². The molecule has 0 fully saturated rings. The Hall–Kier alpha value is -2.38. The molecule has 0 saturated carbocycles. The number of nitrogens with two attached hydrogens (primary N) is 1. The number of amides is 2. The van der Waals surface area contributed by atoms with Crippen LogP contribution in [0.2, 0.25) is 0 Å². The molecule has 1 aromatic heterocycles. The number of hydrogen-bond donors (Lipinski definition) is 3. The van der Waals surface area contributed by atoms with Crippen LogP contribution in [0.1, 0.15) is 35.6 Å². The summed E-state index contributed by atoms with van der Waals surface area (Å²) >= 11 is 0. The molecule has 0 radical (unpaired) electrons. The molecule has 2 aromatic rings. The van der Waals surface area contributed by atoms with E-state index in [9.17, 15) is 9.59 Å². The van der Waals surface area contributed by atoms with Crippen LogP contribution in [0.5, 0.6) is 0 Å². The third-order valence-electron chi connectivity index (χ3n) is 4.50. The number of nitrogens with zero attached hydrogens (tertiary/aromatic N) is 2. The maximum absolute atomic E-state index is 12.2. The summed E-state index contributed by atoms with van der Waals surface area (Å²) in [6.45, 7) is 1.66. The number of rotatable bonds is 5. The zero-order chi connectivity index (χ0) is 17.8. The van der Waals surface area contributed by atoms with Gasteiger partial charge in [-0.05, 0) is 37.3 Å². The molecule has 140 valence electrons. The van der Waals surface area contributed by atoms with Crippen molar-refractivity contribution in [2.45, 2.75) is 32.2 Å². The molecular weight excluding hydrogens is 354 g/mol. The fraction of sp³-hybridized carbons (Fsp3) is 0.389. The molecule has 1 atom stereocenters. The van der Waals surface area contributed by atoms with Crippen LogP contribution in [0.4, 0.5) is 5.82 Å². The Morgan fingerprint density at radius 1 is 1.31 bits per heavy atom. The highest BCUT2D eigenvalue weighted by atomic mass is 35.5. The van der Waals surface area contributed by atoms with E-state index in [1.54, 1.807) is 6.20 Å². The van der Waals surface area contributed by atoms with Crippen molar-refractivity contribution in [3.8, 4) is 0 Å². The van der Waals surface area contributed by atoms with Crippen molar-refractivity contribution in [1.29, 1.82) is 0 Å². The van der Waals surface area contributed by atoms with Gasteiger partial charge in [-0.15, -0.1) is 12.4 Å². The fourth-order valence-electron chi connectivity index (χ4n) is 3.25. The van der Waals surface area contributed by atoms with Gasteiger partial charge in [0.25, 0.3) is 0 Å². The lowest BCUT2D eigenvalue weighted by molar-refractivity contribution is -0.123. The fourth-order valence-corrected chi connectivity index (χ4v) is 3.25. The van der Waals surface area contributed by atoms with E-state index in [0.717, 1.165) is 24.8 Å². The number of halogens is 1. The Morgan fingerprint density at radius 3 is 2.85 bits per heavy atom. The standard InChI is InChI=1S/C18H23N5O2.ClH/c1-12-10-21-23(18(12)22-17(25)11-20-16(24)9-19)15-8-4-6-13-5-2-3-7-14(13)15;/h2-3,5,7,10,15H,4,6,8-9,11,19H2,1H3,(H,20,24)(H,22,25);1H. The van der Waals surface area contributed by atoms with Gasteiger partial charge in [-0.3, -0.25) is 9.59 Å². The summed E-state index contributed by atoms with van der Waals surface area (Å²) in [5.41, 5.74) is 8.70. The number of hydrogen-bond acceptors (Lipinski definition) is 4. The van der Waals surface area contributed by atoms with Gasteiger partial charge in [0.05, 0.1) is 25.3 Å². The number of aryl methyl sites for hydroxylation is 2. The van der Waals surface area contributed by atoms with Gasteiger partial charge in [-0.2, -0.15) is 5.10 Å². The average Bonchev–Trinajstić information content (AvgIpc) is 2.99. The van der Waals surface area contributed by atoms with E-state index < -0.39 is 0 Å². The third kappa shape index (κ3) is 4.23. The molecule has 0 saturated heterocycles. The summed E-state index contributed by atoms with van der Waals surface area (Å²) in [4.78, 5) is 23.4. The molecule has 1 aliphatic carbocycles. The van der Waals surface area contributed by atoms with Gasteiger partial charge in [-0.1, -0.05) is 24.3 Å². The molecule has 0 aliphatic heterocycles. The van der Waals surface area contributed by atoms with Crippen LogP contribution in [0.15, 0.2) is 30.5 Å². The molecule has 26 heavy (non-hydrogen) atoms. The van der Waals surface area contributed by atoms with Gasteiger partial charge in [0.1, 0.15) is 5.82 Å². The first kappa shape index (κ1) is 19.9. The van der Waals surface area contributed by atoms with E-state index >= 15 is 0 Å². The molecule has 4 N–H and O–H groups in total. The van der Waals surface area contributed by atoms with Crippen molar-refractivity contribution in [3.63, 3.8) is 0 Å². The van der Waals surface area contributed by atoms with Crippen LogP contribution in [0, 0.1) is 6.92 Å². The van der Waals surface area contributed by atoms with Crippen molar-refractivity contribution in [2.24, 2.45) is 5.73 Å². The van der Waals surface area contributed by atoms with Gasteiger partial charge in [-0.25, -0.2) is 4.68 Å². The predicted octanol–water partition coefficient (Wildman–Crippen LogP) is 1.55. The first-order chi connectivity index (χ1) is 12.1. The van der Waals surface area contributed by atoms with Gasteiger partial charge in [0.2, 0.25) is 11.8 Å². The normalized spacial score (nSPS) is 15.5. The maximum Gasteiger partial charge on any atom is 0.244 e.